The molecule has 1 aliphatic rings. The van der Waals surface area contributed by atoms with Gasteiger partial charge < -0.3 is 15.4 Å². The van der Waals surface area contributed by atoms with Crippen molar-refractivity contribution in [3.63, 3.8) is 0 Å². The number of carbonyl (C=O) groups is 2. The molecule has 1 aliphatic carbocycles. The summed E-state index contributed by atoms with van der Waals surface area (Å²) in [5.41, 5.74) is 0.461. The molecule has 1 saturated carbocycles. The Morgan fingerprint density at radius 1 is 1.25 bits per heavy atom. The molecule has 0 aliphatic heterocycles. The monoisotopic (exact) mass is 296 g/mol. The van der Waals surface area contributed by atoms with Crippen molar-refractivity contribution in [3.8, 4) is 5.75 Å². The summed E-state index contributed by atoms with van der Waals surface area (Å²) in [6, 6.07) is 4.92. The molecule has 5 nitrogen and oxygen atoms in total. The Balaban J connectivity index is 1.93. The zero-order valence-electron chi connectivity index (χ0n) is 11.2. The molecule has 20 heavy (non-hydrogen) atoms. The van der Waals surface area contributed by atoms with Crippen molar-refractivity contribution >= 4 is 29.1 Å². The lowest BCUT2D eigenvalue weighted by molar-refractivity contribution is -0.136. The van der Waals surface area contributed by atoms with E-state index in [9.17, 15) is 9.59 Å². The van der Waals surface area contributed by atoms with E-state index in [2.05, 4.69) is 10.6 Å². The fraction of sp³-hybridized carbons (Fsp3) is 0.429. The molecule has 1 fully saturated rings. The first kappa shape index (κ1) is 14.7. The average Bonchev–Trinajstić information content (AvgIpc) is 2.91. The quantitative estimate of drug-likeness (QED) is 0.841. The summed E-state index contributed by atoms with van der Waals surface area (Å²) >= 11 is 5.95. The second kappa shape index (κ2) is 6.61. The van der Waals surface area contributed by atoms with Gasteiger partial charge in [-0.2, -0.15) is 0 Å². The van der Waals surface area contributed by atoms with Gasteiger partial charge in [-0.15, -0.1) is 0 Å². The lowest BCUT2D eigenvalue weighted by atomic mass is 10.2. The molecule has 6 heteroatoms. The highest BCUT2D eigenvalue weighted by Gasteiger charge is 2.21. The van der Waals surface area contributed by atoms with E-state index in [4.69, 9.17) is 16.3 Å². The number of hydrogen-bond acceptors (Lipinski definition) is 3. The van der Waals surface area contributed by atoms with Gasteiger partial charge in [0, 0.05) is 11.7 Å². The predicted octanol–water partition coefficient (Wildman–Crippen LogP) is 2.35. The zero-order valence-corrected chi connectivity index (χ0v) is 12.0. The Bertz CT molecular complexity index is 513. The first-order chi connectivity index (χ1) is 9.60. The van der Waals surface area contributed by atoms with Crippen molar-refractivity contribution < 1.29 is 14.3 Å². The van der Waals surface area contributed by atoms with Crippen LogP contribution in [-0.2, 0) is 9.59 Å². The molecule has 0 unspecified atom stereocenters. The minimum atomic E-state index is -0.682. The van der Waals surface area contributed by atoms with Gasteiger partial charge in [0.25, 0.3) is 0 Å². The minimum Gasteiger partial charge on any atom is -0.495 e. The maximum Gasteiger partial charge on any atom is 0.313 e. The SMILES string of the molecule is COc1ccc(NC(=O)C(=O)NC2CCCC2)cc1Cl. The highest BCUT2D eigenvalue weighted by atomic mass is 35.5. The van der Waals surface area contributed by atoms with E-state index < -0.39 is 11.8 Å². The number of hydrogen-bond donors (Lipinski definition) is 2. The van der Waals surface area contributed by atoms with Crippen molar-refractivity contribution in [3.05, 3.63) is 23.2 Å². The molecule has 2 rings (SSSR count). The van der Waals surface area contributed by atoms with Crippen LogP contribution in [0.15, 0.2) is 18.2 Å². The van der Waals surface area contributed by atoms with Gasteiger partial charge in [0.05, 0.1) is 12.1 Å². The van der Waals surface area contributed by atoms with Crippen molar-refractivity contribution in [2.24, 2.45) is 0 Å². The fourth-order valence-corrected chi connectivity index (χ4v) is 2.51. The summed E-state index contributed by atoms with van der Waals surface area (Å²) in [5.74, 6) is -0.776. The Morgan fingerprint density at radius 3 is 2.55 bits per heavy atom. The Kier molecular flexibility index (Phi) is 4.84. The van der Waals surface area contributed by atoms with Crippen LogP contribution in [0.5, 0.6) is 5.75 Å². The Hall–Kier alpha value is -1.75. The molecule has 2 amide bonds. The standard InChI is InChI=1S/C14H17ClN2O3/c1-20-12-7-6-10(8-11(12)15)17-14(19)13(18)16-9-4-2-3-5-9/h6-9H,2-5H2,1H3,(H,16,18)(H,17,19). The number of rotatable bonds is 3. The lowest BCUT2D eigenvalue weighted by Gasteiger charge is -2.12. The van der Waals surface area contributed by atoms with Crippen LogP contribution >= 0.6 is 11.6 Å². The summed E-state index contributed by atoms with van der Waals surface area (Å²) in [7, 11) is 1.51. The van der Waals surface area contributed by atoms with E-state index in [1.165, 1.54) is 7.11 Å². The third-order valence-electron chi connectivity index (χ3n) is 3.31. The van der Waals surface area contributed by atoms with E-state index in [1.807, 2.05) is 0 Å². The summed E-state index contributed by atoms with van der Waals surface area (Å²) in [4.78, 5) is 23.5. The number of carbonyl (C=O) groups excluding carboxylic acids is 2. The van der Waals surface area contributed by atoms with Crippen molar-refractivity contribution in [1.29, 1.82) is 0 Å². The van der Waals surface area contributed by atoms with Gasteiger partial charge >= 0.3 is 11.8 Å². The van der Waals surface area contributed by atoms with Gasteiger partial charge in [-0.25, -0.2) is 0 Å². The maximum absolute atomic E-state index is 11.8. The molecule has 0 saturated heterocycles. The Labute approximate surface area is 122 Å². The highest BCUT2D eigenvalue weighted by molar-refractivity contribution is 6.40. The normalized spacial score (nSPS) is 14.9. The molecule has 0 atom stereocenters. The molecular weight excluding hydrogens is 280 g/mol. The van der Waals surface area contributed by atoms with Crippen molar-refractivity contribution in [2.75, 3.05) is 12.4 Å². The van der Waals surface area contributed by atoms with Crippen LogP contribution in [-0.4, -0.2) is 25.0 Å². The fourth-order valence-electron chi connectivity index (χ4n) is 2.25. The van der Waals surface area contributed by atoms with Crippen LogP contribution in [0.2, 0.25) is 5.02 Å². The smallest absolute Gasteiger partial charge is 0.313 e. The highest BCUT2D eigenvalue weighted by Crippen LogP contribution is 2.27. The molecule has 2 N–H and O–H groups in total. The number of nitrogens with one attached hydrogen (secondary N) is 2. The summed E-state index contributed by atoms with van der Waals surface area (Å²) < 4.78 is 5.02. The third kappa shape index (κ3) is 3.63. The van der Waals surface area contributed by atoms with Crippen LogP contribution in [0.1, 0.15) is 25.7 Å². The van der Waals surface area contributed by atoms with Gasteiger partial charge in [-0.1, -0.05) is 24.4 Å². The van der Waals surface area contributed by atoms with Gasteiger partial charge in [0.2, 0.25) is 0 Å². The van der Waals surface area contributed by atoms with E-state index in [0.717, 1.165) is 25.7 Å². The molecule has 0 heterocycles. The molecule has 0 radical (unpaired) electrons. The van der Waals surface area contributed by atoms with Crippen LogP contribution in [0.3, 0.4) is 0 Å². The number of ether oxygens (including phenoxy) is 1. The topological polar surface area (TPSA) is 67.4 Å². The number of methoxy groups -OCH3 is 1. The minimum absolute atomic E-state index is 0.118. The van der Waals surface area contributed by atoms with Gasteiger partial charge in [-0.05, 0) is 31.0 Å². The van der Waals surface area contributed by atoms with Crippen molar-refractivity contribution in [2.45, 2.75) is 31.7 Å². The maximum atomic E-state index is 11.8. The molecule has 1 aromatic carbocycles. The summed E-state index contributed by atoms with van der Waals surface area (Å²) in [5, 5.41) is 5.62. The number of anilines is 1. The summed E-state index contributed by atoms with van der Waals surface area (Å²) in [6.07, 6.45) is 4.07. The number of benzene rings is 1. The number of halogens is 1. The first-order valence-corrected chi connectivity index (χ1v) is 6.93. The van der Waals surface area contributed by atoms with E-state index in [-0.39, 0.29) is 6.04 Å². The molecule has 1 aromatic rings. The van der Waals surface area contributed by atoms with Gasteiger partial charge in [0.1, 0.15) is 5.75 Å². The lowest BCUT2D eigenvalue weighted by Crippen LogP contribution is -2.40. The number of amides is 2. The molecule has 0 spiro atoms. The van der Waals surface area contributed by atoms with E-state index in [0.29, 0.717) is 16.5 Å². The van der Waals surface area contributed by atoms with Crippen LogP contribution in [0, 0.1) is 0 Å². The van der Waals surface area contributed by atoms with Gasteiger partial charge in [0.15, 0.2) is 0 Å². The van der Waals surface area contributed by atoms with Crippen molar-refractivity contribution in [1.82, 2.24) is 5.32 Å². The molecule has 0 aromatic heterocycles. The third-order valence-corrected chi connectivity index (χ3v) is 3.60. The zero-order chi connectivity index (χ0) is 14.5. The first-order valence-electron chi connectivity index (χ1n) is 6.55. The predicted molar refractivity (Wildman–Crippen MR) is 77.0 cm³/mol. The second-order valence-electron chi connectivity index (χ2n) is 4.76. The van der Waals surface area contributed by atoms with Crippen LogP contribution in [0.25, 0.3) is 0 Å². The molecule has 0 bridgehead atoms. The molecular formula is C14H17ClN2O3. The summed E-state index contributed by atoms with van der Waals surface area (Å²) in [6.45, 7) is 0. The average molecular weight is 297 g/mol. The van der Waals surface area contributed by atoms with Crippen LogP contribution in [0.4, 0.5) is 5.69 Å². The van der Waals surface area contributed by atoms with E-state index >= 15 is 0 Å². The van der Waals surface area contributed by atoms with Crippen LogP contribution < -0.4 is 15.4 Å². The largest absolute Gasteiger partial charge is 0.495 e. The van der Waals surface area contributed by atoms with Gasteiger partial charge in [-0.3, -0.25) is 9.59 Å². The second-order valence-corrected chi connectivity index (χ2v) is 5.17. The molecule has 108 valence electrons. The Morgan fingerprint density at radius 2 is 1.95 bits per heavy atom. The van der Waals surface area contributed by atoms with E-state index in [1.54, 1.807) is 18.2 Å².